The number of rotatable bonds is 6. The smallest absolute Gasteiger partial charge is 0.164 e. The molecule has 0 saturated carbocycles. The van der Waals surface area contributed by atoms with Crippen LogP contribution in [-0.2, 0) is 27.4 Å². The first-order valence-electron chi connectivity index (χ1n) is 8.03. The number of aryl methyl sites for hydroxylation is 1. The lowest BCUT2D eigenvalue weighted by Gasteiger charge is -2.11. The predicted octanol–water partition coefficient (Wildman–Crippen LogP) is 4.45. The average Bonchev–Trinajstić information content (AvgIpc) is 2.90. The molecule has 1 heterocycles. The summed E-state index contributed by atoms with van der Waals surface area (Å²) >= 11 is 0. The Balaban J connectivity index is 0.00000243. The van der Waals surface area contributed by atoms with E-state index >= 15 is 0 Å². The van der Waals surface area contributed by atoms with Crippen molar-refractivity contribution in [3.05, 3.63) is 65.2 Å². The van der Waals surface area contributed by atoms with Gasteiger partial charge in [0.25, 0.3) is 0 Å². The van der Waals surface area contributed by atoms with Crippen LogP contribution in [0.3, 0.4) is 0 Å². The first-order chi connectivity index (χ1) is 12.2. The van der Waals surface area contributed by atoms with E-state index in [0.717, 1.165) is 23.4 Å². The molecule has 1 aromatic heterocycles. The minimum atomic E-state index is -0.454. The summed E-state index contributed by atoms with van der Waals surface area (Å²) in [6, 6.07) is 7.83. The number of nitrogens with zero attached hydrogens (tertiary/aromatic N) is 2. The van der Waals surface area contributed by atoms with Gasteiger partial charge in [-0.1, -0.05) is 19.6 Å². The minimum Gasteiger partial charge on any atom is -0.493 e. The first-order valence-corrected chi connectivity index (χ1v) is 8.03. The molecule has 0 spiro atoms. The Morgan fingerprint density at radius 1 is 1.27 bits per heavy atom. The number of carbonyl (C=O) groups is 1. The van der Waals surface area contributed by atoms with Crippen LogP contribution in [0.2, 0.25) is 0 Å². The second-order valence-electron chi connectivity index (χ2n) is 5.59. The van der Waals surface area contributed by atoms with E-state index < -0.39 is 5.83 Å². The Morgan fingerprint density at radius 2 is 2.04 bits per heavy atom. The molecule has 0 atom stereocenters. The van der Waals surface area contributed by atoms with E-state index in [-0.39, 0.29) is 26.2 Å². The van der Waals surface area contributed by atoms with Crippen molar-refractivity contribution >= 4 is 17.3 Å². The van der Waals surface area contributed by atoms with Gasteiger partial charge in [0.05, 0.1) is 18.1 Å². The molecule has 0 bridgehead atoms. The number of halogens is 1. The Labute approximate surface area is 152 Å². The van der Waals surface area contributed by atoms with Crippen LogP contribution in [0.4, 0.5) is 4.39 Å². The molecule has 1 aromatic carbocycles. The Hall–Kier alpha value is -2.89. The van der Waals surface area contributed by atoms with Crippen LogP contribution in [0.25, 0.3) is 11.0 Å². The zero-order chi connectivity index (χ0) is 17.8. The van der Waals surface area contributed by atoms with Gasteiger partial charge in [-0.15, -0.1) is 0 Å². The second kappa shape index (κ2) is 8.47. The van der Waals surface area contributed by atoms with Crippen LogP contribution < -0.4 is 0 Å². The molecule has 0 amide bonds. The van der Waals surface area contributed by atoms with Gasteiger partial charge in [0.2, 0.25) is 0 Å². The molecule has 2 aromatic rings. The van der Waals surface area contributed by atoms with E-state index in [4.69, 9.17) is 9.47 Å². The van der Waals surface area contributed by atoms with Crippen molar-refractivity contribution in [2.24, 2.45) is 0 Å². The molecule has 0 radical (unpaired) electrons. The average molecular weight is 358 g/mol. The highest BCUT2D eigenvalue weighted by atomic mass is 19.1. The van der Waals surface area contributed by atoms with Crippen LogP contribution >= 0.6 is 0 Å². The van der Waals surface area contributed by atoms with E-state index in [1.807, 2.05) is 35.8 Å². The lowest BCUT2D eigenvalue weighted by atomic mass is 10.2. The fourth-order valence-electron chi connectivity index (χ4n) is 2.83. The Bertz CT molecular complexity index is 894. The number of benzene rings is 1. The van der Waals surface area contributed by atoms with E-state index in [9.17, 15) is 9.18 Å². The van der Waals surface area contributed by atoms with Crippen molar-refractivity contribution in [2.45, 2.75) is 33.9 Å². The Morgan fingerprint density at radius 3 is 2.73 bits per heavy atom. The van der Waals surface area contributed by atoms with Crippen LogP contribution in [0.5, 0.6) is 0 Å². The summed E-state index contributed by atoms with van der Waals surface area (Å²) in [5.74, 6) is 0.842. The molecule has 0 N–H and O–H groups in total. The quantitative estimate of drug-likeness (QED) is 0.716. The SMILES string of the molecule is C.CCn1c(COC2=C(OC)C=C(C=O)CC(F)=C2)nc2ccccc21. The van der Waals surface area contributed by atoms with Crippen LogP contribution in [0.15, 0.2) is 59.3 Å². The summed E-state index contributed by atoms with van der Waals surface area (Å²) in [5.41, 5.74) is 2.20. The molecular formula is C20H23FN2O3. The van der Waals surface area contributed by atoms with Crippen molar-refractivity contribution in [3.8, 4) is 0 Å². The van der Waals surface area contributed by atoms with Crippen molar-refractivity contribution in [2.75, 3.05) is 7.11 Å². The third-order valence-corrected chi connectivity index (χ3v) is 4.00. The first kappa shape index (κ1) is 19.4. The molecule has 0 aliphatic heterocycles. The largest absolute Gasteiger partial charge is 0.493 e. The predicted molar refractivity (Wildman–Crippen MR) is 98.9 cm³/mol. The number of hydrogen-bond acceptors (Lipinski definition) is 4. The molecule has 0 fully saturated rings. The van der Waals surface area contributed by atoms with Crippen LogP contribution in [0.1, 0.15) is 26.6 Å². The van der Waals surface area contributed by atoms with Crippen molar-refractivity contribution in [3.63, 3.8) is 0 Å². The maximum Gasteiger partial charge on any atom is 0.164 e. The molecule has 26 heavy (non-hydrogen) atoms. The van der Waals surface area contributed by atoms with Gasteiger partial charge in [-0.3, -0.25) is 4.79 Å². The highest BCUT2D eigenvalue weighted by molar-refractivity contribution is 5.76. The normalized spacial score (nSPS) is 14.3. The van der Waals surface area contributed by atoms with Crippen molar-refractivity contribution < 1.29 is 18.7 Å². The van der Waals surface area contributed by atoms with Gasteiger partial charge in [-0.25, -0.2) is 9.37 Å². The number of aldehydes is 1. The van der Waals surface area contributed by atoms with Crippen molar-refractivity contribution in [1.29, 1.82) is 0 Å². The van der Waals surface area contributed by atoms with Gasteiger partial charge in [0.1, 0.15) is 24.5 Å². The summed E-state index contributed by atoms with van der Waals surface area (Å²) in [5, 5.41) is 0. The molecule has 3 rings (SSSR count). The molecule has 0 saturated heterocycles. The molecule has 1 aliphatic carbocycles. The number of allylic oxidation sites excluding steroid dienone is 4. The number of hydrogen-bond donors (Lipinski definition) is 0. The third kappa shape index (κ3) is 3.85. The molecule has 138 valence electrons. The van der Waals surface area contributed by atoms with E-state index in [1.165, 1.54) is 19.3 Å². The zero-order valence-corrected chi connectivity index (χ0v) is 14.2. The van der Waals surface area contributed by atoms with Crippen LogP contribution in [0, 0.1) is 0 Å². The van der Waals surface area contributed by atoms with E-state index in [0.29, 0.717) is 17.6 Å². The second-order valence-corrected chi connectivity index (χ2v) is 5.59. The molecular weight excluding hydrogens is 335 g/mol. The van der Waals surface area contributed by atoms with Gasteiger partial charge < -0.3 is 14.0 Å². The monoisotopic (exact) mass is 358 g/mol. The number of ether oxygens (including phenoxy) is 2. The standard InChI is InChI=1S/C19H19FN2O3.CH4/c1-3-22-16-7-5-4-6-15(16)21-19(22)12-25-18-10-14(20)8-13(11-23)9-17(18)24-2;/h4-7,9-11H,3,8,12H2,1-2H3;1H4. The number of imidazole rings is 1. The van der Waals surface area contributed by atoms with Gasteiger partial charge in [-0.2, -0.15) is 0 Å². The summed E-state index contributed by atoms with van der Waals surface area (Å²) in [7, 11) is 1.45. The molecule has 6 heteroatoms. The highest BCUT2D eigenvalue weighted by Gasteiger charge is 2.16. The lowest BCUT2D eigenvalue weighted by Crippen LogP contribution is -2.05. The highest BCUT2D eigenvalue weighted by Crippen LogP contribution is 2.25. The van der Waals surface area contributed by atoms with Crippen molar-refractivity contribution in [1.82, 2.24) is 9.55 Å². The number of fused-ring (bicyclic) bond motifs is 1. The Kier molecular flexibility index (Phi) is 6.33. The van der Waals surface area contributed by atoms with Gasteiger partial charge in [0.15, 0.2) is 11.5 Å². The summed E-state index contributed by atoms with van der Waals surface area (Å²) in [4.78, 5) is 15.6. The van der Waals surface area contributed by atoms with Gasteiger partial charge >= 0.3 is 0 Å². The maximum atomic E-state index is 13.9. The fourth-order valence-corrected chi connectivity index (χ4v) is 2.83. The van der Waals surface area contributed by atoms with Crippen LogP contribution in [-0.4, -0.2) is 22.9 Å². The molecule has 0 unspecified atom stereocenters. The number of methoxy groups -OCH3 is 1. The topological polar surface area (TPSA) is 53.4 Å². The molecule has 1 aliphatic rings. The van der Waals surface area contributed by atoms with E-state index in [1.54, 1.807) is 0 Å². The number of aromatic nitrogens is 2. The summed E-state index contributed by atoms with van der Waals surface area (Å²) in [6.45, 7) is 2.94. The van der Waals surface area contributed by atoms with Gasteiger partial charge in [-0.05, 0) is 25.1 Å². The molecule has 5 nitrogen and oxygen atoms in total. The zero-order valence-electron chi connectivity index (χ0n) is 14.2. The number of carbonyl (C=O) groups excluding carboxylic acids is 1. The maximum absolute atomic E-state index is 13.9. The lowest BCUT2D eigenvalue weighted by molar-refractivity contribution is -0.105. The van der Waals surface area contributed by atoms with Gasteiger partial charge in [0, 0.05) is 24.6 Å². The fraction of sp³-hybridized carbons (Fsp3) is 0.300. The minimum absolute atomic E-state index is 0. The number of para-hydroxylation sites is 2. The summed E-state index contributed by atoms with van der Waals surface area (Å²) < 4.78 is 27.0. The van der Waals surface area contributed by atoms with E-state index in [2.05, 4.69) is 4.98 Å². The summed E-state index contributed by atoms with van der Waals surface area (Å²) in [6.07, 6.45) is 3.29. The third-order valence-electron chi connectivity index (χ3n) is 4.00.